The Labute approximate surface area is 337 Å². The van der Waals surface area contributed by atoms with Gasteiger partial charge in [0, 0.05) is 22.1 Å². The Morgan fingerprint density at radius 2 is 0.897 bits per heavy atom. The average Bonchev–Trinajstić information content (AvgIpc) is 3.69. The zero-order chi connectivity index (χ0) is 38.4. The van der Waals surface area contributed by atoms with Gasteiger partial charge < -0.3 is 9.32 Å². The Bertz CT molecular complexity index is 3270. The fourth-order valence-corrected chi connectivity index (χ4v) is 8.68. The molecule has 0 aliphatic carbocycles. The molecule has 0 atom stereocenters. The van der Waals surface area contributed by atoms with Gasteiger partial charge in [0.25, 0.3) is 0 Å². The molecule has 1 heterocycles. The second-order valence-electron chi connectivity index (χ2n) is 14.9. The smallest absolute Gasteiger partial charge is 0.143 e. The van der Waals surface area contributed by atoms with Gasteiger partial charge in [0.1, 0.15) is 11.2 Å². The van der Waals surface area contributed by atoms with Crippen LogP contribution in [0, 0.1) is 0 Å². The van der Waals surface area contributed by atoms with E-state index in [-0.39, 0.29) is 0 Å². The molecule has 0 radical (unpaired) electrons. The van der Waals surface area contributed by atoms with Crippen molar-refractivity contribution in [3.8, 4) is 44.5 Å². The van der Waals surface area contributed by atoms with Gasteiger partial charge in [-0.2, -0.15) is 0 Å². The Balaban J connectivity index is 1.14. The van der Waals surface area contributed by atoms with Gasteiger partial charge >= 0.3 is 0 Å². The highest BCUT2D eigenvalue weighted by Gasteiger charge is 2.23. The fourth-order valence-electron chi connectivity index (χ4n) is 8.68. The molecule has 0 saturated heterocycles. The number of hydrogen-bond acceptors (Lipinski definition) is 2. The normalized spacial score (nSPS) is 11.4. The van der Waals surface area contributed by atoms with Crippen molar-refractivity contribution in [2.45, 2.75) is 0 Å². The number of hydrogen-bond donors (Lipinski definition) is 0. The molecule has 272 valence electrons. The summed E-state index contributed by atoms with van der Waals surface area (Å²) < 4.78 is 6.92. The summed E-state index contributed by atoms with van der Waals surface area (Å²) >= 11 is 0. The maximum absolute atomic E-state index is 6.92. The van der Waals surface area contributed by atoms with E-state index in [9.17, 15) is 0 Å². The van der Waals surface area contributed by atoms with Crippen molar-refractivity contribution in [1.82, 2.24) is 0 Å². The van der Waals surface area contributed by atoms with E-state index in [0.717, 1.165) is 55.3 Å². The number of anilines is 3. The number of furan rings is 1. The molecule has 0 aliphatic rings. The van der Waals surface area contributed by atoms with Crippen LogP contribution < -0.4 is 4.90 Å². The molecule has 10 aromatic carbocycles. The standard InChI is InChI=1S/C56H37NO/c1-3-15-38(16-4-1)40-29-31-41(32-30-40)44-21-13-22-45(35-44)57(46-34-33-39-17-7-8-20-43(39)36-46)53-27-14-28-54-55(53)52-37-51(49-25-11-12-26-50(49)56(52)58-54)48-24-10-9-23-47(48)42-18-5-2-6-19-42/h1-37H. The molecule has 2 nitrogen and oxygen atoms in total. The van der Waals surface area contributed by atoms with Gasteiger partial charge in [0.2, 0.25) is 0 Å². The molecule has 0 fully saturated rings. The van der Waals surface area contributed by atoms with Gasteiger partial charge in [-0.05, 0) is 103 Å². The van der Waals surface area contributed by atoms with Gasteiger partial charge in [-0.1, -0.05) is 182 Å². The van der Waals surface area contributed by atoms with E-state index in [1.165, 1.54) is 49.7 Å². The fraction of sp³-hybridized carbons (Fsp3) is 0. The van der Waals surface area contributed by atoms with Crippen molar-refractivity contribution in [2.75, 3.05) is 4.90 Å². The van der Waals surface area contributed by atoms with Crippen LogP contribution in [0.5, 0.6) is 0 Å². The van der Waals surface area contributed by atoms with Crippen molar-refractivity contribution < 1.29 is 4.42 Å². The van der Waals surface area contributed by atoms with Gasteiger partial charge in [-0.25, -0.2) is 0 Å². The zero-order valence-corrected chi connectivity index (χ0v) is 31.7. The van der Waals surface area contributed by atoms with Gasteiger partial charge in [-0.15, -0.1) is 0 Å². The summed E-state index contributed by atoms with van der Waals surface area (Å²) in [5, 5.41) is 6.81. The SMILES string of the molecule is c1ccc(-c2ccc(-c3cccc(N(c4ccc5ccccc5c4)c4cccc5oc6c7ccccc7c(-c7ccccc7-c7ccccc7)cc6c45)c3)cc2)cc1. The lowest BCUT2D eigenvalue weighted by molar-refractivity contribution is 0.672. The van der Waals surface area contributed by atoms with E-state index in [2.05, 4.69) is 229 Å². The molecule has 1 aromatic heterocycles. The van der Waals surface area contributed by atoms with E-state index >= 15 is 0 Å². The number of benzene rings is 10. The Morgan fingerprint density at radius 1 is 0.310 bits per heavy atom. The predicted octanol–water partition coefficient (Wildman–Crippen LogP) is 16.0. The van der Waals surface area contributed by atoms with Crippen LogP contribution in [0.4, 0.5) is 17.1 Å². The molecule has 0 spiro atoms. The first-order valence-corrected chi connectivity index (χ1v) is 19.8. The van der Waals surface area contributed by atoms with E-state index in [4.69, 9.17) is 4.42 Å². The number of rotatable bonds is 7. The van der Waals surface area contributed by atoms with Gasteiger partial charge in [0.05, 0.1) is 11.1 Å². The summed E-state index contributed by atoms with van der Waals surface area (Å²) in [5.41, 5.74) is 14.4. The van der Waals surface area contributed by atoms with Crippen LogP contribution in [-0.4, -0.2) is 0 Å². The highest BCUT2D eigenvalue weighted by molar-refractivity contribution is 6.23. The maximum Gasteiger partial charge on any atom is 0.143 e. The van der Waals surface area contributed by atoms with Crippen molar-refractivity contribution in [3.63, 3.8) is 0 Å². The maximum atomic E-state index is 6.92. The minimum atomic E-state index is 0.851. The van der Waals surface area contributed by atoms with Crippen molar-refractivity contribution in [1.29, 1.82) is 0 Å². The Kier molecular flexibility index (Phi) is 8.19. The molecule has 0 aliphatic heterocycles. The quantitative estimate of drug-likeness (QED) is 0.162. The molecule has 0 N–H and O–H groups in total. The lowest BCUT2D eigenvalue weighted by Gasteiger charge is -2.27. The molecular weight excluding hydrogens is 703 g/mol. The van der Waals surface area contributed by atoms with Crippen LogP contribution in [0.25, 0.3) is 88.0 Å². The predicted molar refractivity (Wildman–Crippen MR) is 245 cm³/mol. The molecule has 0 bridgehead atoms. The first-order valence-electron chi connectivity index (χ1n) is 19.8. The van der Waals surface area contributed by atoms with Crippen LogP contribution in [0.1, 0.15) is 0 Å². The molecular formula is C56H37NO. The number of nitrogens with zero attached hydrogens (tertiary/aromatic N) is 1. The summed E-state index contributed by atoms with van der Waals surface area (Å²) in [6, 6.07) is 80.6. The highest BCUT2D eigenvalue weighted by atomic mass is 16.3. The minimum Gasteiger partial charge on any atom is -0.455 e. The lowest BCUT2D eigenvalue weighted by Crippen LogP contribution is -2.10. The Morgan fingerprint density at radius 3 is 1.69 bits per heavy atom. The van der Waals surface area contributed by atoms with Gasteiger partial charge in [0.15, 0.2) is 0 Å². The first kappa shape index (κ1) is 33.6. The third kappa shape index (κ3) is 5.82. The largest absolute Gasteiger partial charge is 0.455 e. The molecule has 58 heavy (non-hydrogen) atoms. The van der Waals surface area contributed by atoms with Crippen LogP contribution in [0.15, 0.2) is 229 Å². The lowest BCUT2D eigenvalue weighted by atomic mass is 9.90. The zero-order valence-electron chi connectivity index (χ0n) is 31.7. The average molecular weight is 740 g/mol. The van der Waals surface area contributed by atoms with E-state index in [1.54, 1.807) is 0 Å². The Hall–Kier alpha value is -7.68. The molecule has 11 rings (SSSR count). The highest BCUT2D eigenvalue weighted by Crippen LogP contribution is 2.48. The van der Waals surface area contributed by atoms with E-state index < -0.39 is 0 Å². The van der Waals surface area contributed by atoms with E-state index in [1.807, 2.05) is 0 Å². The van der Waals surface area contributed by atoms with Crippen LogP contribution in [0.3, 0.4) is 0 Å². The van der Waals surface area contributed by atoms with Crippen molar-refractivity contribution in [2.24, 2.45) is 0 Å². The number of fused-ring (bicyclic) bond motifs is 6. The monoisotopic (exact) mass is 739 g/mol. The molecule has 11 aromatic rings. The molecule has 2 heteroatoms. The first-order chi connectivity index (χ1) is 28.8. The van der Waals surface area contributed by atoms with Crippen molar-refractivity contribution in [3.05, 3.63) is 224 Å². The van der Waals surface area contributed by atoms with Crippen LogP contribution in [0.2, 0.25) is 0 Å². The summed E-state index contributed by atoms with van der Waals surface area (Å²) in [6.07, 6.45) is 0. The summed E-state index contributed by atoms with van der Waals surface area (Å²) in [4.78, 5) is 2.40. The summed E-state index contributed by atoms with van der Waals surface area (Å²) in [7, 11) is 0. The molecule has 0 amide bonds. The third-order valence-corrected chi connectivity index (χ3v) is 11.4. The third-order valence-electron chi connectivity index (χ3n) is 11.4. The van der Waals surface area contributed by atoms with Crippen LogP contribution in [-0.2, 0) is 0 Å². The second-order valence-corrected chi connectivity index (χ2v) is 14.9. The topological polar surface area (TPSA) is 16.4 Å². The van der Waals surface area contributed by atoms with Crippen LogP contribution >= 0.6 is 0 Å². The molecule has 0 saturated carbocycles. The minimum absolute atomic E-state index is 0.851. The summed E-state index contributed by atoms with van der Waals surface area (Å²) in [6.45, 7) is 0. The second kappa shape index (κ2) is 14.1. The van der Waals surface area contributed by atoms with E-state index in [0.29, 0.717) is 0 Å². The van der Waals surface area contributed by atoms with Gasteiger partial charge in [-0.3, -0.25) is 0 Å². The summed E-state index contributed by atoms with van der Waals surface area (Å²) in [5.74, 6) is 0. The molecule has 0 unspecified atom stereocenters. The van der Waals surface area contributed by atoms with Crippen molar-refractivity contribution >= 4 is 60.5 Å².